The number of anilines is 1. The van der Waals surface area contributed by atoms with Gasteiger partial charge in [-0.25, -0.2) is 4.79 Å². The van der Waals surface area contributed by atoms with Gasteiger partial charge in [0.1, 0.15) is 6.10 Å². The van der Waals surface area contributed by atoms with Gasteiger partial charge in [-0.3, -0.25) is 0 Å². The van der Waals surface area contributed by atoms with Crippen LogP contribution in [0.15, 0.2) is 66.7 Å². The average Bonchev–Trinajstić information content (AvgIpc) is 3.06. The smallest absolute Gasteiger partial charge is 0.322 e. The van der Waals surface area contributed by atoms with Crippen molar-refractivity contribution < 1.29 is 19.4 Å². The van der Waals surface area contributed by atoms with Crippen molar-refractivity contribution in [2.24, 2.45) is 0 Å². The number of nitrogens with one attached hydrogen (secondary N) is 1. The molecule has 0 saturated carbocycles. The van der Waals surface area contributed by atoms with E-state index in [1.807, 2.05) is 65.6 Å². The molecule has 2 N–H and O–H groups in total. The van der Waals surface area contributed by atoms with Gasteiger partial charge in [-0.1, -0.05) is 54.6 Å². The zero-order chi connectivity index (χ0) is 22.6. The standard InChI is InChI=1S/C27H26N2O4/c1-32-22-10-9-18-16-29(26(31)28-21-8-4-6-17-5-2-3-7-20(17)21)14-13-27-12-11-19(30)15-23(27)33-25(22)24(18)27/h2-12,19,23,30H,13-16H2,1H3,(H,28,31)/t19?,23-,27?/m1/s1. The monoisotopic (exact) mass is 442 g/mol. The van der Waals surface area contributed by atoms with Gasteiger partial charge in [-0.05, 0) is 29.5 Å². The summed E-state index contributed by atoms with van der Waals surface area (Å²) in [7, 11) is 1.64. The molecule has 0 bridgehead atoms. The highest BCUT2D eigenvalue weighted by molar-refractivity contribution is 6.01. The Morgan fingerprint density at radius 3 is 2.91 bits per heavy atom. The normalized spacial score (nSPS) is 25.1. The van der Waals surface area contributed by atoms with Crippen LogP contribution in [0, 0.1) is 0 Å². The molecule has 168 valence electrons. The van der Waals surface area contributed by atoms with Gasteiger partial charge in [0, 0.05) is 30.5 Å². The molecule has 3 atom stereocenters. The van der Waals surface area contributed by atoms with E-state index in [1.165, 1.54) is 0 Å². The Hall–Kier alpha value is -3.51. The Balaban J connectivity index is 1.36. The molecule has 6 nitrogen and oxygen atoms in total. The van der Waals surface area contributed by atoms with Crippen molar-refractivity contribution in [3.8, 4) is 11.5 Å². The summed E-state index contributed by atoms with van der Waals surface area (Å²) in [5.74, 6) is 1.44. The summed E-state index contributed by atoms with van der Waals surface area (Å²) in [4.78, 5) is 15.3. The van der Waals surface area contributed by atoms with Gasteiger partial charge in [0.15, 0.2) is 11.5 Å². The second-order valence-corrected chi connectivity index (χ2v) is 9.07. The number of methoxy groups -OCH3 is 1. The van der Waals surface area contributed by atoms with Crippen LogP contribution in [0.3, 0.4) is 0 Å². The third kappa shape index (κ3) is 3.09. The van der Waals surface area contributed by atoms with Crippen LogP contribution >= 0.6 is 0 Å². The summed E-state index contributed by atoms with van der Waals surface area (Å²) in [5, 5.41) is 15.5. The first-order chi connectivity index (χ1) is 16.1. The number of hydrogen-bond donors (Lipinski definition) is 2. The van der Waals surface area contributed by atoms with E-state index in [-0.39, 0.29) is 17.6 Å². The fraction of sp³-hybridized carbons (Fsp3) is 0.296. The van der Waals surface area contributed by atoms with Gasteiger partial charge in [0.25, 0.3) is 0 Å². The summed E-state index contributed by atoms with van der Waals surface area (Å²) in [6.45, 7) is 1.06. The number of aliphatic hydroxyl groups excluding tert-OH is 1. The number of urea groups is 1. The zero-order valence-electron chi connectivity index (χ0n) is 18.5. The summed E-state index contributed by atoms with van der Waals surface area (Å²) in [6.07, 6.45) is 4.49. The first-order valence-electron chi connectivity index (χ1n) is 11.4. The lowest BCUT2D eigenvalue weighted by molar-refractivity contribution is 0.0824. The number of amides is 2. The van der Waals surface area contributed by atoms with E-state index in [0.717, 1.165) is 39.8 Å². The van der Waals surface area contributed by atoms with Gasteiger partial charge >= 0.3 is 6.03 Å². The lowest BCUT2D eigenvalue weighted by atomic mass is 9.69. The summed E-state index contributed by atoms with van der Waals surface area (Å²) in [5.41, 5.74) is 2.59. The van der Waals surface area contributed by atoms with E-state index in [4.69, 9.17) is 9.47 Å². The van der Waals surface area contributed by atoms with Crippen LogP contribution in [0.1, 0.15) is 24.0 Å². The fourth-order valence-corrected chi connectivity index (χ4v) is 5.64. The van der Waals surface area contributed by atoms with E-state index >= 15 is 0 Å². The number of hydrogen-bond acceptors (Lipinski definition) is 4. The molecule has 1 aliphatic carbocycles. The fourth-order valence-electron chi connectivity index (χ4n) is 5.64. The van der Waals surface area contributed by atoms with Crippen molar-refractivity contribution >= 4 is 22.5 Å². The van der Waals surface area contributed by atoms with Crippen molar-refractivity contribution in [2.75, 3.05) is 19.0 Å². The Labute approximate surface area is 192 Å². The van der Waals surface area contributed by atoms with Crippen molar-refractivity contribution in [3.63, 3.8) is 0 Å². The molecule has 2 amide bonds. The second-order valence-electron chi connectivity index (χ2n) is 9.07. The highest BCUT2D eigenvalue weighted by Crippen LogP contribution is 2.55. The predicted molar refractivity (Wildman–Crippen MR) is 127 cm³/mol. The minimum Gasteiger partial charge on any atom is -0.493 e. The maximum Gasteiger partial charge on any atom is 0.322 e. The Kier molecular flexibility index (Phi) is 4.59. The largest absolute Gasteiger partial charge is 0.493 e. The number of carbonyl (C=O) groups is 1. The number of rotatable bonds is 2. The molecule has 0 aromatic heterocycles. The molecule has 1 spiro atoms. The molecule has 6 rings (SSSR count). The molecule has 2 unspecified atom stereocenters. The maximum atomic E-state index is 13.4. The van der Waals surface area contributed by atoms with Crippen LogP contribution < -0.4 is 14.8 Å². The van der Waals surface area contributed by atoms with Crippen LogP contribution in [-0.2, 0) is 12.0 Å². The number of nitrogens with zero attached hydrogens (tertiary/aromatic N) is 1. The van der Waals surface area contributed by atoms with Gasteiger partial charge in [-0.2, -0.15) is 0 Å². The second kappa shape index (κ2) is 7.52. The lowest BCUT2D eigenvalue weighted by Crippen LogP contribution is -2.43. The number of fused-ring (bicyclic) bond motifs is 1. The summed E-state index contributed by atoms with van der Waals surface area (Å²) in [6, 6.07) is 17.8. The minimum absolute atomic E-state index is 0.121. The van der Waals surface area contributed by atoms with Crippen molar-refractivity contribution in [1.82, 2.24) is 4.90 Å². The molecule has 2 aliphatic heterocycles. The van der Waals surface area contributed by atoms with Gasteiger partial charge in [0.2, 0.25) is 0 Å². The molecule has 0 radical (unpaired) electrons. The first kappa shape index (κ1) is 20.1. The number of aliphatic hydroxyl groups is 1. The van der Waals surface area contributed by atoms with Gasteiger partial charge < -0.3 is 24.8 Å². The molecule has 3 aliphatic rings. The van der Waals surface area contributed by atoms with Crippen LogP contribution in [0.5, 0.6) is 11.5 Å². The topological polar surface area (TPSA) is 71.0 Å². The van der Waals surface area contributed by atoms with Crippen molar-refractivity contribution in [3.05, 3.63) is 77.9 Å². The number of ether oxygens (including phenoxy) is 2. The molecular formula is C27H26N2O4. The Morgan fingerprint density at radius 1 is 1.18 bits per heavy atom. The van der Waals surface area contributed by atoms with Gasteiger partial charge in [0.05, 0.1) is 24.3 Å². The molecule has 3 aromatic rings. The van der Waals surface area contributed by atoms with Crippen LogP contribution in [0.4, 0.5) is 10.5 Å². The molecule has 0 saturated heterocycles. The Morgan fingerprint density at radius 2 is 2.03 bits per heavy atom. The van der Waals surface area contributed by atoms with E-state index in [2.05, 4.69) is 11.4 Å². The van der Waals surface area contributed by atoms with Crippen molar-refractivity contribution in [2.45, 2.75) is 37.0 Å². The number of carbonyl (C=O) groups excluding carboxylic acids is 1. The lowest BCUT2D eigenvalue weighted by Gasteiger charge is -2.35. The van der Waals surface area contributed by atoms with Gasteiger partial charge in [-0.15, -0.1) is 0 Å². The average molecular weight is 443 g/mol. The van der Waals surface area contributed by atoms with E-state index in [9.17, 15) is 9.90 Å². The Bertz CT molecular complexity index is 1280. The molecule has 3 aromatic carbocycles. The van der Waals surface area contributed by atoms with Crippen LogP contribution in [-0.4, -0.2) is 41.9 Å². The summed E-state index contributed by atoms with van der Waals surface area (Å²) >= 11 is 0. The molecule has 6 heteroatoms. The quantitative estimate of drug-likeness (QED) is 0.569. The van der Waals surface area contributed by atoms with E-state index < -0.39 is 6.10 Å². The third-order valence-electron chi connectivity index (χ3n) is 7.27. The predicted octanol–water partition coefficient (Wildman–Crippen LogP) is 4.61. The number of benzene rings is 3. The SMILES string of the molecule is COc1ccc2c3c1O[C@@H]1CC(O)C=CC31CCN(C(=O)Nc1cccc3ccccc13)C2. The van der Waals surface area contributed by atoms with E-state index in [0.29, 0.717) is 25.3 Å². The van der Waals surface area contributed by atoms with E-state index in [1.54, 1.807) is 7.11 Å². The van der Waals surface area contributed by atoms with Crippen LogP contribution in [0.2, 0.25) is 0 Å². The molecule has 0 fully saturated rings. The highest BCUT2D eigenvalue weighted by Gasteiger charge is 2.53. The summed E-state index contributed by atoms with van der Waals surface area (Å²) < 4.78 is 11.9. The highest BCUT2D eigenvalue weighted by atomic mass is 16.5. The maximum absolute atomic E-state index is 13.4. The minimum atomic E-state index is -0.529. The zero-order valence-corrected chi connectivity index (χ0v) is 18.5. The third-order valence-corrected chi connectivity index (χ3v) is 7.27. The van der Waals surface area contributed by atoms with Crippen molar-refractivity contribution in [1.29, 1.82) is 0 Å². The molecule has 33 heavy (non-hydrogen) atoms. The van der Waals surface area contributed by atoms with Crippen LogP contribution in [0.25, 0.3) is 10.8 Å². The first-order valence-corrected chi connectivity index (χ1v) is 11.4. The molecule has 2 heterocycles. The molecular weight excluding hydrogens is 416 g/mol.